The summed E-state index contributed by atoms with van der Waals surface area (Å²) in [5, 5.41) is 7.91. The second-order valence-electron chi connectivity index (χ2n) is 3.31. The molecule has 0 saturated carbocycles. The molecule has 0 atom stereocenters. The Morgan fingerprint density at radius 2 is 1.73 bits per heavy atom. The fraction of sp³-hybridized carbons (Fsp3) is 0.875. The van der Waals surface area contributed by atoms with Crippen molar-refractivity contribution in [1.29, 1.82) is 0 Å². The van der Waals surface area contributed by atoms with Gasteiger partial charge in [0, 0.05) is 6.42 Å². The third-order valence-electron chi connectivity index (χ3n) is 0.464. The minimum atomic E-state index is -0.711. The SMILES string of the molecule is CCCC(=O)O.C[C](C)(C)[V]. The Morgan fingerprint density at radius 1 is 1.45 bits per heavy atom. The summed E-state index contributed by atoms with van der Waals surface area (Å²) in [6.45, 7) is 8.32. The van der Waals surface area contributed by atoms with Crippen molar-refractivity contribution in [2.75, 3.05) is 0 Å². The molecule has 0 heterocycles. The van der Waals surface area contributed by atoms with E-state index in [1.54, 1.807) is 0 Å². The van der Waals surface area contributed by atoms with Crippen LogP contribution in [0.15, 0.2) is 0 Å². The van der Waals surface area contributed by atoms with Crippen molar-refractivity contribution in [3.63, 3.8) is 0 Å². The minimum absolute atomic E-state index is 0.292. The molecule has 66 valence electrons. The van der Waals surface area contributed by atoms with E-state index in [9.17, 15) is 4.79 Å². The molecule has 0 spiro atoms. The van der Waals surface area contributed by atoms with Crippen LogP contribution in [0.2, 0.25) is 4.13 Å². The zero-order valence-corrected chi connectivity index (χ0v) is 9.11. The molecule has 0 aliphatic carbocycles. The maximum absolute atomic E-state index is 9.60. The maximum atomic E-state index is 9.60. The Morgan fingerprint density at radius 3 is 1.73 bits per heavy atom. The fourth-order valence-corrected chi connectivity index (χ4v) is 0.214. The van der Waals surface area contributed by atoms with Gasteiger partial charge in [0.05, 0.1) is 0 Å². The first-order chi connectivity index (χ1) is 4.77. The first-order valence-electron chi connectivity index (χ1n) is 3.71. The molecule has 0 saturated heterocycles. The molecule has 0 aliphatic rings. The van der Waals surface area contributed by atoms with Crippen molar-refractivity contribution in [1.82, 2.24) is 0 Å². The molecule has 0 bridgehead atoms. The molecule has 11 heavy (non-hydrogen) atoms. The summed E-state index contributed by atoms with van der Waals surface area (Å²) >= 11 is 2.58. The average molecular weight is 196 g/mol. The van der Waals surface area contributed by atoms with Crippen LogP contribution in [0.1, 0.15) is 40.5 Å². The summed E-state index contributed by atoms with van der Waals surface area (Å²) < 4.78 is 0.438. The van der Waals surface area contributed by atoms with Crippen molar-refractivity contribution in [2.24, 2.45) is 0 Å². The van der Waals surface area contributed by atoms with Crippen LogP contribution in [0.3, 0.4) is 0 Å². The molecule has 1 N–H and O–H groups in total. The van der Waals surface area contributed by atoms with E-state index < -0.39 is 5.97 Å². The Kier molecular flexibility index (Phi) is 8.36. The number of rotatable bonds is 2. The molecule has 0 aliphatic heterocycles. The van der Waals surface area contributed by atoms with Gasteiger partial charge in [0.1, 0.15) is 0 Å². The standard InChI is InChI=1S/C4H8O2.C4H9.V/c1-2-3-4(5)6;1-4(2)3;/h2-3H2,1H3,(H,5,6);1-3H3;. The number of hydrogen-bond donors (Lipinski definition) is 1. The van der Waals surface area contributed by atoms with Crippen LogP contribution >= 0.6 is 0 Å². The number of aliphatic carboxylic acids is 1. The van der Waals surface area contributed by atoms with Crippen LogP contribution in [-0.4, -0.2) is 11.1 Å². The van der Waals surface area contributed by atoms with E-state index in [1.807, 2.05) is 6.92 Å². The van der Waals surface area contributed by atoms with Crippen molar-refractivity contribution in [3.05, 3.63) is 0 Å². The molecule has 0 rings (SSSR count). The first-order valence-corrected chi connectivity index (χ1v) is 4.41. The predicted molar refractivity (Wildman–Crippen MR) is 42.3 cm³/mol. The van der Waals surface area contributed by atoms with Crippen molar-refractivity contribution >= 4 is 5.97 Å². The zero-order chi connectivity index (χ0) is 9.49. The third-order valence-corrected chi connectivity index (χ3v) is 0.464. The van der Waals surface area contributed by atoms with Gasteiger partial charge >= 0.3 is 48.3 Å². The second kappa shape index (κ2) is 6.75. The summed E-state index contributed by atoms with van der Waals surface area (Å²) in [6, 6.07) is 0. The molecule has 0 unspecified atom stereocenters. The Bertz CT molecular complexity index is 99.1. The first kappa shape index (κ1) is 13.6. The summed E-state index contributed by atoms with van der Waals surface area (Å²) in [5.41, 5.74) is 0. The van der Waals surface area contributed by atoms with E-state index in [-0.39, 0.29) is 0 Å². The van der Waals surface area contributed by atoms with Crippen LogP contribution in [0.5, 0.6) is 0 Å². The van der Waals surface area contributed by atoms with Crippen LogP contribution in [0.4, 0.5) is 0 Å². The van der Waals surface area contributed by atoms with Gasteiger partial charge < -0.3 is 5.11 Å². The molecule has 2 nitrogen and oxygen atoms in total. The molecule has 0 aromatic carbocycles. The Labute approximate surface area is 78.3 Å². The van der Waals surface area contributed by atoms with Gasteiger partial charge in [-0.2, -0.15) is 0 Å². The van der Waals surface area contributed by atoms with Gasteiger partial charge in [-0.1, -0.05) is 6.92 Å². The number of carboxylic acid groups (broad SMARTS) is 1. The Balaban J connectivity index is 0. The number of hydrogen-bond acceptors (Lipinski definition) is 1. The van der Waals surface area contributed by atoms with Gasteiger partial charge in [-0.3, -0.25) is 4.79 Å². The monoisotopic (exact) mass is 196 g/mol. The van der Waals surface area contributed by atoms with Gasteiger partial charge in [-0.05, 0) is 6.42 Å². The van der Waals surface area contributed by atoms with Gasteiger partial charge in [-0.15, -0.1) is 0 Å². The summed E-state index contributed by atoms with van der Waals surface area (Å²) in [4.78, 5) is 9.60. The molecular weight excluding hydrogens is 179 g/mol. The van der Waals surface area contributed by atoms with Crippen LogP contribution in [-0.2, 0) is 22.2 Å². The van der Waals surface area contributed by atoms with Gasteiger partial charge in [0.2, 0.25) is 0 Å². The van der Waals surface area contributed by atoms with Crippen molar-refractivity contribution < 1.29 is 27.3 Å². The topological polar surface area (TPSA) is 37.3 Å². The zero-order valence-electron chi connectivity index (χ0n) is 7.72. The third kappa shape index (κ3) is 69.9. The number of carboxylic acids is 1. The van der Waals surface area contributed by atoms with E-state index in [0.717, 1.165) is 6.42 Å². The van der Waals surface area contributed by atoms with Crippen molar-refractivity contribution in [3.8, 4) is 0 Å². The van der Waals surface area contributed by atoms with E-state index in [1.165, 1.54) is 0 Å². The molecule has 0 amide bonds. The summed E-state index contributed by atoms with van der Waals surface area (Å²) in [7, 11) is 0. The molecule has 0 radical (unpaired) electrons. The second-order valence-corrected chi connectivity index (χ2v) is 5.41. The molecular formula is C8H17O2V. The van der Waals surface area contributed by atoms with Gasteiger partial charge in [0.15, 0.2) is 0 Å². The Hall–Kier alpha value is 0.0544. The molecule has 0 aromatic heterocycles. The normalized spacial score (nSPS) is 9.82. The van der Waals surface area contributed by atoms with Gasteiger partial charge in [0.25, 0.3) is 0 Å². The van der Waals surface area contributed by atoms with E-state index in [2.05, 4.69) is 38.2 Å². The van der Waals surface area contributed by atoms with Crippen molar-refractivity contribution in [2.45, 2.75) is 44.7 Å². The fourth-order valence-electron chi connectivity index (χ4n) is 0.214. The van der Waals surface area contributed by atoms with Crippen LogP contribution in [0, 0.1) is 0 Å². The van der Waals surface area contributed by atoms with E-state index in [0.29, 0.717) is 10.5 Å². The van der Waals surface area contributed by atoms with E-state index in [4.69, 9.17) is 5.11 Å². The molecule has 0 fully saturated rings. The summed E-state index contributed by atoms with van der Waals surface area (Å²) in [5.74, 6) is -0.711. The quantitative estimate of drug-likeness (QED) is 0.737. The molecule has 0 aromatic rings. The molecule has 3 heteroatoms. The average Bonchev–Trinajstić information content (AvgIpc) is 1.58. The van der Waals surface area contributed by atoms with E-state index >= 15 is 0 Å². The van der Waals surface area contributed by atoms with Crippen LogP contribution < -0.4 is 0 Å². The summed E-state index contributed by atoms with van der Waals surface area (Å²) in [6.07, 6.45) is 1.02. The van der Waals surface area contributed by atoms with Crippen LogP contribution in [0.25, 0.3) is 0 Å². The predicted octanol–water partition coefficient (Wildman–Crippen LogP) is 2.62. The van der Waals surface area contributed by atoms with Gasteiger partial charge in [-0.25, -0.2) is 0 Å². The number of carbonyl (C=O) groups is 1.